The van der Waals surface area contributed by atoms with E-state index >= 15 is 0 Å². The first kappa shape index (κ1) is 14.8. The first-order chi connectivity index (χ1) is 10.7. The van der Waals surface area contributed by atoms with Gasteiger partial charge in [-0.3, -0.25) is 0 Å². The average Bonchev–Trinajstić information content (AvgIpc) is 2.54. The highest BCUT2D eigenvalue weighted by Gasteiger charge is 2.24. The molecule has 5 heteroatoms. The van der Waals surface area contributed by atoms with Crippen molar-refractivity contribution >= 4 is 11.6 Å². The summed E-state index contributed by atoms with van der Waals surface area (Å²) in [6.45, 7) is 2.40. The Bertz CT molecular complexity index is 754. The van der Waals surface area contributed by atoms with Crippen LogP contribution in [0.1, 0.15) is 17.5 Å². The predicted octanol–water partition coefficient (Wildman–Crippen LogP) is 5.32. The van der Waals surface area contributed by atoms with E-state index in [1.54, 1.807) is 0 Å². The fraction of sp³-hybridized carbons (Fsp3) is 0.294. The first-order valence-electron chi connectivity index (χ1n) is 7.25. The summed E-state index contributed by atoms with van der Waals surface area (Å²) >= 11 is 6.46. The van der Waals surface area contributed by atoms with Crippen LogP contribution in [0.25, 0.3) is 21.6 Å². The zero-order valence-electron chi connectivity index (χ0n) is 12.3. The molecule has 1 aliphatic rings. The molecule has 0 radical (unpaired) electrons. The van der Waals surface area contributed by atoms with E-state index < -0.39 is 0 Å². The lowest BCUT2D eigenvalue weighted by Gasteiger charge is -2.28. The topological polar surface area (TPSA) is 58.0 Å². The fourth-order valence-corrected chi connectivity index (χ4v) is 3.09. The second-order valence-electron chi connectivity index (χ2n) is 5.42. The van der Waals surface area contributed by atoms with Gasteiger partial charge in [-0.2, -0.15) is 0 Å². The van der Waals surface area contributed by atoms with Gasteiger partial charge in [0, 0.05) is 10.5 Å². The monoisotopic (exact) mass is 313 g/mol. The van der Waals surface area contributed by atoms with Crippen LogP contribution in [0.15, 0.2) is 41.5 Å². The third kappa shape index (κ3) is 2.76. The molecule has 0 saturated carbocycles. The van der Waals surface area contributed by atoms with Crippen molar-refractivity contribution in [1.29, 1.82) is 0 Å². The van der Waals surface area contributed by atoms with Crippen molar-refractivity contribution in [3.63, 3.8) is 0 Å². The molecule has 0 saturated heterocycles. The van der Waals surface area contributed by atoms with Crippen molar-refractivity contribution in [3.05, 3.63) is 63.0 Å². The van der Waals surface area contributed by atoms with Crippen LogP contribution >= 0.6 is 11.6 Å². The van der Waals surface area contributed by atoms with Crippen LogP contribution in [0.2, 0.25) is 5.02 Å². The van der Waals surface area contributed by atoms with Crippen molar-refractivity contribution in [1.82, 2.24) is 0 Å². The maximum atomic E-state index is 8.49. The second kappa shape index (κ2) is 6.30. The molecule has 4 nitrogen and oxygen atoms in total. The molecule has 0 bridgehead atoms. The van der Waals surface area contributed by atoms with Gasteiger partial charge in [-0.15, -0.1) is 0 Å². The molecule has 0 amide bonds. The van der Waals surface area contributed by atoms with E-state index in [1.807, 2.05) is 24.3 Å². The van der Waals surface area contributed by atoms with Gasteiger partial charge in [0.1, 0.15) is 11.9 Å². The van der Waals surface area contributed by atoms with Crippen LogP contribution in [0, 0.1) is 6.92 Å². The number of nitrogens with zero attached hydrogens (tertiary/aromatic N) is 3. The Morgan fingerprint density at radius 3 is 2.91 bits per heavy atom. The van der Waals surface area contributed by atoms with Gasteiger partial charge in [-0.1, -0.05) is 47.0 Å². The Morgan fingerprint density at radius 1 is 1.32 bits per heavy atom. The summed E-state index contributed by atoms with van der Waals surface area (Å²) in [6, 6.07) is 12.1. The van der Waals surface area contributed by atoms with E-state index in [9.17, 15) is 0 Å². The third-order valence-electron chi connectivity index (χ3n) is 3.97. The fourth-order valence-electron chi connectivity index (χ4n) is 2.84. The SMILES string of the molecule is Cc1ccccc1-c1c(Cl)ccc2c1O[C@@H](CN=[N+]=[N-])CC2. The molecule has 0 aliphatic carbocycles. The Morgan fingerprint density at radius 2 is 2.14 bits per heavy atom. The number of benzene rings is 2. The maximum absolute atomic E-state index is 8.49. The number of hydrogen-bond acceptors (Lipinski definition) is 2. The summed E-state index contributed by atoms with van der Waals surface area (Å²) in [6.07, 6.45) is 1.65. The van der Waals surface area contributed by atoms with Crippen LogP contribution in [0.5, 0.6) is 5.75 Å². The summed E-state index contributed by atoms with van der Waals surface area (Å²) in [5.41, 5.74) is 12.8. The Hall–Kier alpha value is -2.16. The molecule has 1 atom stereocenters. The molecule has 0 aromatic heterocycles. The zero-order chi connectivity index (χ0) is 15.5. The molecule has 1 aliphatic heterocycles. The summed E-state index contributed by atoms with van der Waals surface area (Å²) in [7, 11) is 0. The lowest BCUT2D eigenvalue weighted by atomic mass is 9.93. The molecule has 1 heterocycles. The largest absolute Gasteiger partial charge is 0.489 e. The van der Waals surface area contributed by atoms with Crippen LogP contribution in [-0.4, -0.2) is 12.6 Å². The van der Waals surface area contributed by atoms with Crippen LogP contribution in [0.4, 0.5) is 0 Å². The van der Waals surface area contributed by atoms with E-state index in [4.69, 9.17) is 21.9 Å². The molecule has 3 rings (SSSR count). The van der Waals surface area contributed by atoms with E-state index in [2.05, 4.69) is 29.1 Å². The molecular weight excluding hydrogens is 298 g/mol. The molecule has 0 fully saturated rings. The van der Waals surface area contributed by atoms with Crippen molar-refractivity contribution < 1.29 is 4.74 Å². The number of rotatable bonds is 3. The van der Waals surface area contributed by atoms with Crippen molar-refractivity contribution in [2.45, 2.75) is 25.9 Å². The standard InChI is InChI=1S/C17H16ClN3O/c1-11-4-2-3-5-14(11)16-15(18)9-7-12-6-8-13(10-20-21-19)22-17(12)16/h2-5,7,9,13H,6,8,10H2,1H3/t13-/m1/s1. The molecule has 2 aromatic rings. The number of hydrogen-bond donors (Lipinski definition) is 0. The highest BCUT2D eigenvalue weighted by Crippen LogP contribution is 2.43. The summed E-state index contributed by atoms with van der Waals surface area (Å²) in [5.74, 6) is 0.825. The van der Waals surface area contributed by atoms with E-state index in [1.165, 1.54) is 0 Å². The van der Waals surface area contributed by atoms with E-state index in [-0.39, 0.29) is 6.10 Å². The summed E-state index contributed by atoms with van der Waals surface area (Å²) < 4.78 is 6.11. The normalized spacial score (nSPS) is 16.4. The maximum Gasteiger partial charge on any atom is 0.132 e. The molecule has 0 N–H and O–H groups in total. The summed E-state index contributed by atoms with van der Waals surface area (Å²) in [5, 5.41) is 4.31. The molecule has 0 unspecified atom stereocenters. The smallest absolute Gasteiger partial charge is 0.132 e. The Balaban J connectivity index is 2.08. The summed E-state index contributed by atoms with van der Waals surface area (Å²) in [4.78, 5) is 2.82. The molecule has 22 heavy (non-hydrogen) atoms. The molecular formula is C17H16ClN3O. The minimum absolute atomic E-state index is 0.0929. The lowest BCUT2D eigenvalue weighted by Crippen LogP contribution is -2.25. The number of azide groups is 1. The zero-order valence-corrected chi connectivity index (χ0v) is 13.0. The molecule has 0 spiro atoms. The highest BCUT2D eigenvalue weighted by atomic mass is 35.5. The molecule has 112 valence electrons. The predicted molar refractivity (Wildman–Crippen MR) is 88.4 cm³/mol. The Kier molecular flexibility index (Phi) is 4.23. The first-order valence-corrected chi connectivity index (χ1v) is 7.63. The van der Waals surface area contributed by atoms with Gasteiger partial charge in [-0.05, 0) is 48.1 Å². The molecule has 2 aromatic carbocycles. The van der Waals surface area contributed by atoms with Crippen molar-refractivity contribution in [2.24, 2.45) is 5.11 Å². The van der Waals surface area contributed by atoms with E-state index in [0.29, 0.717) is 11.6 Å². The lowest BCUT2D eigenvalue weighted by molar-refractivity contribution is 0.182. The van der Waals surface area contributed by atoms with Gasteiger partial charge >= 0.3 is 0 Å². The number of halogens is 1. The minimum atomic E-state index is -0.0929. The minimum Gasteiger partial charge on any atom is -0.489 e. The average molecular weight is 314 g/mol. The van der Waals surface area contributed by atoms with Crippen LogP contribution in [-0.2, 0) is 6.42 Å². The second-order valence-corrected chi connectivity index (χ2v) is 5.82. The quantitative estimate of drug-likeness (QED) is 0.430. The van der Waals surface area contributed by atoms with Crippen molar-refractivity contribution in [2.75, 3.05) is 6.54 Å². The van der Waals surface area contributed by atoms with Gasteiger partial charge in [0.05, 0.1) is 11.6 Å². The number of fused-ring (bicyclic) bond motifs is 1. The number of ether oxygens (including phenoxy) is 1. The number of aryl methyl sites for hydroxylation is 2. The van der Waals surface area contributed by atoms with Crippen LogP contribution in [0.3, 0.4) is 0 Å². The van der Waals surface area contributed by atoms with Gasteiger partial charge < -0.3 is 4.74 Å². The third-order valence-corrected chi connectivity index (χ3v) is 4.29. The highest BCUT2D eigenvalue weighted by molar-refractivity contribution is 6.33. The van der Waals surface area contributed by atoms with Gasteiger partial charge in [0.15, 0.2) is 0 Å². The van der Waals surface area contributed by atoms with Gasteiger partial charge in [0.2, 0.25) is 0 Å². The van der Waals surface area contributed by atoms with Gasteiger partial charge in [0.25, 0.3) is 0 Å². The van der Waals surface area contributed by atoms with E-state index in [0.717, 1.165) is 40.8 Å². The van der Waals surface area contributed by atoms with Crippen molar-refractivity contribution in [3.8, 4) is 16.9 Å². The van der Waals surface area contributed by atoms with Crippen LogP contribution < -0.4 is 4.74 Å². The van der Waals surface area contributed by atoms with Gasteiger partial charge in [-0.25, -0.2) is 0 Å². The Labute approximate surface area is 134 Å².